The Kier molecular flexibility index (Phi) is 37.7. The molecule has 2 atom stereocenters. The number of aliphatic hydroxyl groups excluding tert-OH is 1. The molecule has 0 amide bonds. The van der Waals surface area contributed by atoms with E-state index in [4.69, 9.17) is 19.3 Å². The second-order valence-corrected chi connectivity index (χ2v) is 15.7. The third-order valence-electron chi connectivity index (χ3n) is 9.17. The van der Waals surface area contributed by atoms with Gasteiger partial charge in [0.1, 0.15) is 6.61 Å². The number of carbonyl (C=O) groups excluding carboxylic acids is 2. The Morgan fingerprint density at radius 1 is 0.556 bits per heavy atom. The van der Waals surface area contributed by atoms with E-state index in [9.17, 15) is 19.3 Å². The molecule has 0 aromatic rings. The van der Waals surface area contributed by atoms with Crippen molar-refractivity contribution < 1.29 is 43.0 Å². The molecule has 0 aliphatic carbocycles. The molecular formula is C44H79O9P. The first-order valence-electron chi connectivity index (χ1n) is 21.5. The van der Waals surface area contributed by atoms with Crippen LogP contribution < -0.4 is 0 Å². The lowest BCUT2D eigenvalue weighted by atomic mass is 10.0. The van der Waals surface area contributed by atoms with E-state index in [0.717, 1.165) is 57.8 Å². The molecule has 0 aromatic heterocycles. The van der Waals surface area contributed by atoms with E-state index in [1.165, 1.54) is 89.9 Å². The van der Waals surface area contributed by atoms with Gasteiger partial charge in [0.25, 0.3) is 0 Å². The van der Waals surface area contributed by atoms with Gasteiger partial charge in [-0.3, -0.25) is 14.1 Å². The topological polar surface area (TPSA) is 140 Å². The van der Waals surface area contributed by atoms with E-state index in [0.29, 0.717) is 19.3 Å². The van der Waals surface area contributed by atoms with Crippen LogP contribution in [0.25, 0.3) is 0 Å². The van der Waals surface area contributed by atoms with Crippen molar-refractivity contribution in [1.82, 2.24) is 0 Å². The van der Waals surface area contributed by atoms with Crippen LogP contribution in [0.5, 0.6) is 0 Å². The van der Waals surface area contributed by atoms with Crippen molar-refractivity contribution in [2.75, 3.05) is 13.2 Å². The summed E-state index contributed by atoms with van der Waals surface area (Å²) in [5.41, 5.74) is 0. The van der Waals surface area contributed by atoms with Gasteiger partial charge in [0.15, 0.2) is 6.10 Å². The van der Waals surface area contributed by atoms with Crippen LogP contribution in [-0.2, 0) is 28.2 Å². The van der Waals surface area contributed by atoms with Gasteiger partial charge in [-0.2, -0.15) is 0 Å². The quantitative estimate of drug-likeness (QED) is 0.0240. The summed E-state index contributed by atoms with van der Waals surface area (Å²) in [5, 5.41) is 9.79. The van der Waals surface area contributed by atoms with Gasteiger partial charge in [0, 0.05) is 12.8 Å². The zero-order valence-electron chi connectivity index (χ0n) is 34.2. The molecule has 0 aliphatic rings. The van der Waals surface area contributed by atoms with E-state index in [-0.39, 0.29) is 25.6 Å². The van der Waals surface area contributed by atoms with Gasteiger partial charge in [-0.05, 0) is 44.9 Å². The monoisotopic (exact) mass is 783 g/mol. The highest BCUT2D eigenvalue weighted by atomic mass is 31.2. The molecule has 0 aromatic carbocycles. The number of carbonyl (C=O) groups is 2. The smallest absolute Gasteiger partial charge is 0.462 e. The average Bonchev–Trinajstić information content (AvgIpc) is 3.14. The highest BCUT2D eigenvalue weighted by Gasteiger charge is 2.22. The number of hydrogen-bond donors (Lipinski definition) is 3. The SMILES string of the molecule is CCCCCCCCCCCCCCCCCCCCC(=O)O[C@H](COC(=O)CCC/C=C\C/C=C\C/C=C\C/C=C\[C@@H](O)CCCC)COP(=O)(O)O. The minimum atomic E-state index is -4.77. The van der Waals surface area contributed by atoms with Crippen LogP contribution >= 0.6 is 7.82 Å². The molecule has 0 unspecified atom stereocenters. The minimum absolute atomic E-state index is 0.175. The van der Waals surface area contributed by atoms with Gasteiger partial charge in [-0.25, -0.2) is 4.57 Å². The maximum Gasteiger partial charge on any atom is 0.469 e. The Labute approximate surface area is 329 Å². The molecule has 0 aliphatic heterocycles. The van der Waals surface area contributed by atoms with Crippen molar-refractivity contribution in [3.05, 3.63) is 48.6 Å². The van der Waals surface area contributed by atoms with Crippen molar-refractivity contribution in [3.8, 4) is 0 Å². The van der Waals surface area contributed by atoms with Gasteiger partial charge in [-0.15, -0.1) is 0 Å². The van der Waals surface area contributed by atoms with E-state index >= 15 is 0 Å². The molecule has 0 heterocycles. The van der Waals surface area contributed by atoms with Crippen LogP contribution in [-0.4, -0.2) is 52.3 Å². The highest BCUT2D eigenvalue weighted by Crippen LogP contribution is 2.36. The lowest BCUT2D eigenvalue weighted by Gasteiger charge is -2.18. The zero-order chi connectivity index (χ0) is 39.8. The number of aliphatic hydroxyl groups is 1. The molecule has 0 rings (SSSR count). The predicted molar refractivity (Wildman–Crippen MR) is 222 cm³/mol. The largest absolute Gasteiger partial charge is 0.469 e. The second-order valence-electron chi connectivity index (χ2n) is 14.5. The number of allylic oxidation sites excluding steroid dienone is 7. The summed E-state index contributed by atoms with van der Waals surface area (Å²) in [6.07, 6.45) is 44.6. The van der Waals surface area contributed by atoms with Crippen molar-refractivity contribution >= 4 is 19.8 Å². The third-order valence-corrected chi connectivity index (χ3v) is 9.66. The number of ether oxygens (including phenoxy) is 2. The number of esters is 2. The molecule has 0 fully saturated rings. The summed E-state index contributed by atoms with van der Waals surface area (Å²) in [7, 11) is -4.77. The number of phosphoric acid groups is 1. The Morgan fingerprint density at radius 2 is 1.00 bits per heavy atom. The lowest BCUT2D eigenvalue weighted by molar-refractivity contribution is -0.161. The van der Waals surface area contributed by atoms with Gasteiger partial charge < -0.3 is 24.4 Å². The van der Waals surface area contributed by atoms with E-state index in [1.807, 2.05) is 24.3 Å². The Bertz CT molecular complexity index is 1030. The molecular weight excluding hydrogens is 703 g/mol. The zero-order valence-corrected chi connectivity index (χ0v) is 35.1. The normalized spacial score (nSPS) is 13.5. The molecule has 9 nitrogen and oxygen atoms in total. The first kappa shape index (κ1) is 52.0. The summed E-state index contributed by atoms with van der Waals surface area (Å²) in [4.78, 5) is 42.8. The molecule has 0 radical (unpaired) electrons. The fourth-order valence-corrected chi connectivity index (χ4v) is 6.27. The summed E-state index contributed by atoms with van der Waals surface area (Å²) >= 11 is 0. The molecule has 54 heavy (non-hydrogen) atoms. The van der Waals surface area contributed by atoms with Crippen molar-refractivity contribution in [2.24, 2.45) is 0 Å². The fraction of sp³-hybridized carbons (Fsp3) is 0.773. The predicted octanol–water partition coefficient (Wildman–Crippen LogP) is 12.1. The summed E-state index contributed by atoms with van der Waals surface area (Å²) in [6.45, 7) is 3.50. The van der Waals surface area contributed by atoms with Gasteiger partial charge in [-0.1, -0.05) is 184 Å². The maximum atomic E-state index is 12.4. The number of phosphoric ester groups is 1. The molecule has 10 heteroatoms. The number of hydrogen-bond acceptors (Lipinski definition) is 7. The molecule has 3 N–H and O–H groups in total. The standard InChI is InChI=1S/C44H79O9P/c1-3-5-7-8-9-10-11-12-13-14-15-16-17-22-25-28-31-34-38-44(47)53-42(40-52-54(48,49)50)39-51-43(46)37-33-30-27-24-21-19-18-20-23-26-29-32-36-41(45)35-6-4-2/h18-19,23-24,26-27,32,36,41-42,45H,3-17,20-22,25,28-31,33-35,37-40H2,1-2H3,(H2,48,49,50)/b19-18-,26-23-,27-24-,36-32-/t41-,42+/m0/s1. The van der Waals surface area contributed by atoms with Gasteiger partial charge in [0.2, 0.25) is 0 Å². The van der Waals surface area contributed by atoms with Crippen LogP contribution in [0.4, 0.5) is 0 Å². The van der Waals surface area contributed by atoms with Crippen LogP contribution in [0.2, 0.25) is 0 Å². The molecule has 314 valence electrons. The Morgan fingerprint density at radius 3 is 1.50 bits per heavy atom. The van der Waals surface area contributed by atoms with E-state index in [2.05, 4.69) is 42.7 Å². The second kappa shape index (κ2) is 39.2. The minimum Gasteiger partial charge on any atom is -0.462 e. The van der Waals surface area contributed by atoms with E-state index in [1.54, 1.807) is 0 Å². The fourth-order valence-electron chi connectivity index (χ4n) is 5.91. The van der Waals surface area contributed by atoms with Crippen LogP contribution in [0, 0.1) is 0 Å². The first-order chi connectivity index (χ1) is 26.2. The lowest BCUT2D eigenvalue weighted by Crippen LogP contribution is -2.29. The highest BCUT2D eigenvalue weighted by molar-refractivity contribution is 7.46. The number of unbranched alkanes of at least 4 members (excludes halogenated alkanes) is 19. The van der Waals surface area contributed by atoms with Crippen molar-refractivity contribution in [1.29, 1.82) is 0 Å². The number of rotatable bonds is 39. The van der Waals surface area contributed by atoms with Crippen LogP contribution in [0.3, 0.4) is 0 Å². The summed E-state index contributed by atoms with van der Waals surface area (Å²) in [6, 6.07) is 0. The molecule has 0 bridgehead atoms. The molecule has 0 spiro atoms. The van der Waals surface area contributed by atoms with Crippen LogP contribution in [0.1, 0.15) is 194 Å². The van der Waals surface area contributed by atoms with Crippen molar-refractivity contribution in [2.45, 2.75) is 206 Å². The average molecular weight is 783 g/mol. The Hall–Kier alpha value is -2.03. The van der Waals surface area contributed by atoms with Crippen LogP contribution in [0.15, 0.2) is 48.6 Å². The summed E-state index contributed by atoms with van der Waals surface area (Å²) < 4.78 is 26.3. The third kappa shape index (κ3) is 41.1. The van der Waals surface area contributed by atoms with E-state index < -0.39 is 32.5 Å². The van der Waals surface area contributed by atoms with Crippen molar-refractivity contribution in [3.63, 3.8) is 0 Å². The van der Waals surface area contributed by atoms with Gasteiger partial charge >= 0.3 is 19.8 Å². The first-order valence-corrected chi connectivity index (χ1v) is 23.1. The summed E-state index contributed by atoms with van der Waals surface area (Å²) in [5.74, 6) is -0.968. The maximum absolute atomic E-state index is 12.4. The van der Waals surface area contributed by atoms with Gasteiger partial charge in [0.05, 0.1) is 12.7 Å². The Balaban J connectivity index is 4.01. The molecule has 0 saturated carbocycles. The molecule has 0 saturated heterocycles.